The van der Waals surface area contributed by atoms with Gasteiger partial charge in [-0.3, -0.25) is 4.79 Å². The minimum absolute atomic E-state index is 0.104. The van der Waals surface area contributed by atoms with Gasteiger partial charge in [0.05, 0.1) is 7.11 Å². The summed E-state index contributed by atoms with van der Waals surface area (Å²) < 4.78 is 7.14. The van der Waals surface area contributed by atoms with Crippen LogP contribution in [0.3, 0.4) is 0 Å². The van der Waals surface area contributed by atoms with Crippen LogP contribution in [-0.2, 0) is 4.79 Å². The third kappa shape index (κ3) is 3.86. The third-order valence-corrected chi connectivity index (χ3v) is 4.93. The van der Waals surface area contributed by atoms with Crippen molar-refractivity contribution < 1.29 is 9.53 Å². The number of anilines is 1. The molecule has 0 bridgehead atoms. The van der Waals surface area contributed by atoms with E-state index in [9.17, 15) is 4.79 Å². The maximum atomic E-state index is 12.4. The van der Waals surface area contributed by atoms with Crippen molar-refractivity contribution in [1.82, 2.24) is 20.2 Å². The largest absolute Gasteiger partial charge is 0.494 e. The Morgan fingerprint density at radius 3 is 2.89 bits per heavy atom. The van der Waals surface area contributed by atoms with Crippen molar-refractivity contribution in [3.8, 4) is 23.8 Å². The fraction of sp³-hybridized carbons (Fsp3) is 0.474. The number of carbonyl (C=O) groups excluding carboxylic acids is 1. The first-order valence-electron chi connectivity index (χ1n) is 9.28. The summed E-state index contributed by atoms with van der Waals surface area (Å²) >= 11 is 0. The maximum absolute atomic E-state index is 12.4. The molecule has 0 spiro atoms. The van der Waals surface area contributed by atoms with Crippen molar-refractivity contribution in [2.24, 2.45) is 10.2 Å². The van der Waals surface area contributed by atoms with E-state index in [1.165, 1.54) is 0 Å². The second kappa shape index (κ2) is 7.38. The summed E-state index contributed by atoms with van der Waals surface area (Å²) in [6.07, 6.45) is 9.62. The number of aromatic nitrogens is 4. The zero-order valence-corrected chi connectivity index (χ0v) is 15.6. The molecule has 28 heavy (non-hydrogen) atoms. The lowest BCUT2D eigenvalue weighted by atomic mass is 10.0. The van der Waals surface area contributed by atoms with Crippen LogP contribution in [0.1, 0.15) is 50.3 Å². The van der Waals surface area contributed by atoms with Crippen molar-refractivity contribution in [2.75, 3.05) is 12.4 Å². The van der Waals surface area contributed by atoms with Gasteiger partial charge in [-0.25, -0.2) is 0 Å². The number of hydrogen-bond acceptors (Lipinski definition) is 7. The Kier molecular flexibility index (Phi) is 4.77. The van der Waals surface area contributed by atoms with Crippen LogP contribution in [0.15, 0.2) is 28.4 Å². The van der Waals surface area contributed by atoms with Crippen LogP contribution < -0.4 is 10.1 Å². The lowest BCUT2D eigenvalue weighted by Gasteiger charge is -2.13. The molecular formula is C19H21N7O2. The Balaban J connectivity index is 1.44. The number of rotatable bonds is 9. The molecule has 0 radical (unpaired) electrons. The number of amides is 1. The van der Waals surface area contributed by atoms with Crippen molar-refractivity contribution in [1.29, 1.82) is 0 Å². The van der Waals surface area contributed by atoms with Gasteiger partial charge in [0.25, 0.3) is 0 Å². The van der Waals surface area contributed by atoms with E-state index in [1.54, 1.807) is 23.9 Å². The molecule has 0 atom stereocenters. The number of nitrogens with one attached hydrogen (secondary N) is 1. The van der Waals surface area contributed by atoms with E-state index in [0.717, 1.165) is 18.7 Å². The lowest BCUT2D eigenvalue weighted by molar-refractivity contribution is -0.116. The Hall–Kier alpha value is -3.28. The minimum Gasteiger partial charge on any atom is -0.494 e. The molecule has 1 N–H and O–H groups in total. The molecule has 1 amide bonds. The van der Waals surface area contributed by atoms with Gasteiger partial charge in [0.15, 0.2) is 11.5 Å². The van der Waals surface area contributed by atoms with E-state index in [2.05, 4.69) is 37.0 Å². The predicted octanol–water partition coefficient (Wildman–Crippen LogP) is 2.84. The fourth-order valence-corrected chi connectivity index (χ4v) is 3.10. The third-order valence-electron chi connectivity index (χ3n) is 4.93. The smallest absolute Gasteiger partial charge is 0.224 e. The molecule has 1 aromatic carbocycles. The lowest BCUT2D eigenvalue weighted by Crippen LogP contribution is -2.18. The van der Waals surface area contributed by atoms with E-state index < -0.39 is 5.66 Å². The average molecular weight is 379 g/mol. The van der Waals surface area contributed by atoms with Gasteiger partial charge >= 0.3 is 0 Å². The molecule has 1 aliphatic carbocycles. The average Bonchev–Trinajstić information content (AvgIpc) is 3.64. The molecule has 0 saturated heterocycles. The number of ether oxygens (including phenoxy) is 1. The number of benzene rings is 1. The van der Waals surface area contributed by atoms with Crippen molar-refractivity contribution >= 4 is 11.6 Å². The fourth-order valence-electron chi connectivity index (χ4n) is 3.10. The summed E-state index contributed by atoms with van der Waals surface area (Å²) in [5, 5.41) is 23.1. The van der Waals surface area contributed by atoms with Gasteiger partial charge in [0.2, 0.25) is 5.91 Å². The molecule has 1 saturated carbocycles. The molecule has 1 aliphatic heterocycles. The minimum atomic E-state index is -0.458. The monoisotopic (exact) mass is 379 g/mol. The summed E-state index contributed by atoms with van der Waals surface area (Å²) in [5.41, 5.74) is 0.894. The second-order valence-electron chi connectivity index (χ2n) is 7.04. The van der Waals surface area contributed by atoms with Crippen molar-refractivity contribution in [2.45, 2.75) is 50.1 Å². The van der Waals surface area contributed by atoms with Gasteiger partial charge < -0.3 is 10.1 Å². The summed E-state index contributed by atoms with van der Waals surface area (Å²) in [6, 6.07) is 5.41. The molecule has 2 aliphatic rings. The van der Waals surface area contributed by atoms with Crippen LogP contribution in [0.5, 0.6) is 5.75 Å². The van der Waals surface area contributed by atoms with Gasteiger partial charge in [-0.2, -0.15) is 14.9 Å². The number of hydrogen-bond donors (Lipinski definition) is 1. The van der Waals surface area contributed by atoms with Crippen LogP contribution in [-0.4, -0.2) is 38.9 Å². The van der Waals surface area contributed by atoms with Gasteiger partial charge in [-0.05, 0) is 41.5 Å². The molecule has 9 nitrogen and oxygen atoms in total. The first-order chi connectivity index (χ1) is 13.6. The quantitative estimate of drug-likeness (QED) is 0.674. The highest BCUT2D eigenvalue weighted by atomic mass is 16.5. The van der Waals surface area contributed by atoms with E-state index in [0.29, 0.717) is 48.7 Å². The normalized spacial score (nSPS) is 16.4. The zero-order chi connectivity index (χ0) is 19.6. The Morgan fingerprint density at radius 1 is 1.39 bits per heavy atom. The topological polar surface area (TPSA) is 107 Å². The molecule has 4 rings (SSSR count). The second-order valence-corrected chi connectivity index (χ2v) is 7.04. The predicted molar refractivity (Wildman–Crippen MR) is 101 cm³/mol. The van der Waals surface area contributed by atoms with Gasteiger partial charge in [-0.1, -0.05) is 0 Å². The SMILES string of the molecule is C#CCCC1(CCC(=O)Nc2ccc(OC)c(-n3nnnc3C3CC3)c2)N=N1. The van der Waals surface area contributed by atoms with Crippen LogP contribution in [0.4, 0.5) is 5.69 Å². The first-order valence-corrected chi connectivity index (χ1v) is 9.28. The van der Waals surface area contributed by atoms with Gasteiger partial charge in [0, 0.05) is 37.3 Å². The Morgan fingerprint density at radius 2 is 2.21 bits per heavy atom. The van der Waals surface area contributed by atoms with Crippen molar-refractivity contribution in [3.05, 3.63) is 24.0 Å². The summed E-state index contributed by atoms with van der Waals surface area (Å²) in [7, 11) is 1.59. The van der Waals surface area contributed by atoms with Crippen LogP contribution >= 0.6 is 0 Å². The number of carbonyl (C=O) groups is 1. The summed E-state index contributed by atoms with van der Waals surface area (Å²) in [6.45, 7) is 0. The highest BCUT2D eigenvalue weighted by Crippen LogP contribution is 2.40. The molecule has 2 aromatic rings. The van der Waals surface area contributed by atoms with Crippen LogP contribution in [0, 0.1) is 12.3 Å². The standard InChI is InChI=1S/C19H21N7O2/c1-3-4-10-19(22-23-19)11-9-17(27)20-14-7-8-16(28-2)15(12-14)26-18(13-5-6-13)21-24-25-26/h1,7-8,12-13H,4-6,9-11H2,2H3,(H,20,27). The number of tetrazole rings is 1. The number of nitrogens with zero attached hydrogens (tertiary/aromatic N) is 6. The number of methoxy groups -OCH3 is 1. The Bertz CT molecular complexity index is 949. The first kappa shape index (κ1) is 18.1. The zero-order valence-electron chi connectivity index (χ0n) is 15.6. The van der Waals surface area contributed by atoms with E-state index in [4.69, 9.17) is 11.2 Å². The van der Waals surface area contributed by atoms with Gasteiger partial charge in [-0.15, -0.1) is 17.4 Å². The Labute approximate surface area is 162 Å². The van der Waals surface area contributed by atoms with E-state index >= 15 is 0 Å². The van der Waals surface area contributed by atoms with E-state index in [-0.39, 0.29) is 5.91 Å². The molecule has 1 aromatic heterocycles. The van der Waals surface area contributed by atoms with Crippen LogP contribution in [0.25, 0.3) is 5.69 Å². The highest BCUT2D eigenvalue weighted by molar-refractivity contribution is 5.91. The van der Waals surface area contributed by atoms with Crippen LogP contribution in [0.2, 0.25) is 0 Å². The maximum Gasteiger partial charge on any atom is 0.224 e. The molecule has 1 fully saturated rings. The number of terminal acetylenes is 1. The summed E-state index contributed by atoms with van der Waals surface area (Å²) in [5.74, 6) is 4.31. The molecular weight excluding hydrogens is 358 g/mol. The molecule has 144 valence electrons. The molecule has 9 heteroatoms. The summed E-state index contributed by atoms with van der Waals surface area (Å²) in [4.78, 5) is 12.4. The van der Waals surface area contributed by atoms with Gasteiger partial charge in [0.1, 0.15) is 11.4 Å². The van der Waals surface area contributed by atoms with Crippen molar-refractivity contribution in [3.63, 3.8) is 0 Å². The molecule has 2 heterocycles. The molecule has 0 unspecified atom stereocenters. The van der Waals surface area contributed by atoms with E-state index in [1.807, 2.05) is 6.07 Å². The highest BCUT2D eigenvalue weighted by Gasteiger charge is 2.39.